The van der Waals surface area contributed by atoms with Crippen LogP contribution in [0.3, 0.4) is 0 Å². The van der Waals surface area contributed by atoms with Gasteiger partial charge in [-0.3, -0.25) is 4.79 Å². The Morgan fingerprint density at radius 1 is 1.07 bits per heavy atom. The lowest BCUT2D eigenvalue weighted by Crippen LogP contribution is -2.40. The average molecular weight is 382 g/mol. The summed E-state index contributed by atoms with van der Waals surface area (Å²) in [7, 11) is 0. The van der Waals surface area contributed by atoms with Crippen molar-refractivity contribution in [1.29, 1.82) is 0 Å². The van der Waals surface area contributed by atoms with Crippen LogP contribution >= 0.6 is 11.6 Å². The predicted molar refractivity (Wildman–Crippen MR) is 106 cm³/mol. The molecule has 4 nitrogen and oxygen atoms in total. The first-order valence-electron chi connectivity index (χ1n) is 9.17. The van der Waals surface area contributed by atoms with Crippen molar-refractivity contribution in [3.8, 4) is 0 Å². The highest BCUT2D eigenvalue weighted by molar-refractivity contribution is 6.31. The van der Waals surface area contributed by atoms with Gasteiger partial charge in [0.15, 0.2) is 0 Å². The van der Waals surface area contributed by atoms with Gasteiger partial charge < -0.3 is 9.32 Å². The highest BCUT2D eigenvalue weighted by atomic mass is 35.5. The molecule has 1 fully saturated rings. The lowest BCUT2D eigenvalue weighted by atomic mass is 9.90. The van der Waals surface area contributed by atoms with Crippen LogP contribution in [0.15, 0.2) is 63.8 Å². The summed E-state index contributed by atoms with van der Waals surface area (Å²) in [5.74, 6) is 0.298. The van der Waals surface area contributed by atoms with Gasteiger partial charge in [-0.1, -0.05) is 41.9 Å². The Balaban J connectivity index is 1.47. The number of benzene rings is 2. The summed E-state index contributed by atoms with van der Waals surface area (Å²) in [6.07, 6.45) is 2.90. The number of hydrogen-bond acceptors (Lipinski definition) is 3. The molecule has 0 radical (unpaired) electrons. The van der Waals surface area contributed by atoms with Crippen LogP contribution in [0.1, 0.15) is 28.8 Å². The molecule has 1 aliphatic rings. The Morgan fingerprint density at radius 3 is 2.56 bits per heavy atom. The summed E-state index contributed by atoms with van der Waals surface area (Å²) in [6, 6.07) is 17.0. The van der Waals surface area contributed by atoms with E-state index < -0.39 is 5.63 Å². The molecule has 0 saturated carbocycles. The molecular weight excluding hydrogens is 362 g/mol. The van der Waals surface area contributed by atoms with Gasteiger partial charge in [0.2, 0.25) is 0 Å². The van der Waals surface area contributed by atoms with E-state index in [2.05, 4.69) is 24.3 Å². The monoisotopic (exact) mass is 381 g/mol. The molecule has 0 bridgehead atoms. The third-order valence-corrected chi connectivity index (χ3v) is 5.43. The summed E-state index contributed by atoms with van der Waals surface area (Å²) in [6.45, 7) is 1.31. The molecular formula is C22H20ClNO3. The smallest absolute Gasteiger partial charge is 0.349 e. The van der Waals surface area contributed by atoms with Crippen molar-refractivity contribution in [3.63, 3.8) is 0 Å². The molecule has 0 atom stereocenters. The number of nitrogens with zero attached hydrogens (tertiary/aromatic N) is 1. The molecule has 3 aromatic rings. The first-order chi connectivity index (χ1) is 13.1. The Morgan fingerprint density at radius 2 is 1.81 bits per heavy atom. The summed E-state index contributed by atoms with van der Waals surface area (Å²) < 4.78 is 5.30. The van der Waals surface area contributed by atoms with E-state index in [-0.39, 0.29) is 11.5 Å². The van der Waals surface area contributed by atoms with Crippen LogP contribution in [0.25, 0.3) is 11.0 Å². The maximum atomic E-state index is 12.8. The molecule has 1 saturated heterocycles. The molecule has 2 aromatic carbocycles. The molecule has 1 amide bonds. The molecule has 0 N–H and O–H groups in total. The van der Waals surface area contributed by atoms with Gasteiger partial charge in [0.1, 0.15) is 11.1 Å². The highest BCUT2D eigenvalue weighted by Crippen LogP contribution is 2.24. The number of piperidine rings is 1. The number of likely N-dealkylation sites (tertiary alicyclic amines) is 1. The fraction of sp³-hybridized carbons (Fsp3) is 0.273. The molecule has 5 heteroatoms. The topological polar surface area (TPSA) is 50.5 Å². The van der Waals surface area contributed by atoms with Crippen molar-refractivity contribution < 1.29 is 9.21 Å². The zero-order chi connectivity index (χ0) is 18.8. The first kappa shape index (κ1) is 17.8. The van der Waals surface area contributed by atoms with Crippen molar-refractivity contribution in [1.82, 2.24) is 4.90 Å². The van der Waals surface area contributed by atoms with Gasteiger partial charge >= 0.3 is 5.63 Å². The standard InChI is InChI=1S/C22H20ClNO3/c23-18-6-7-20-17(13-18)14-19(22(26)27-20)21(25)24-10-8-16(9-11-24)12-15-4-2-1-3-5-15/h1-7,13-14,16H,8-12H2. The molecule has 0 unspecified atom stereocenters. The van der Waals surface area contributed by atoms with E-state index in [9.17, 15) is 9.59 Å². The zero-order valence-electron chi connectivity index (χ0n) is 14.9. The maximum absolute atomic E-state index is 12.8. The van der Waals surface area contributed by atoms with Crippen LogP contribution < -0.4 is 5.63 Å². The van der Waals surface area contributed by atoms with Crippen molar-refractivity contribution in [2.45, 2.75) is 19.3 Å². The second-order valence-electron chi connectivity index (χ2n) is 7.05. The Labute approximate surface area is 162 Å². The Kier molecular flexibility index (Phi) is 4.99. The van der Waals surface area contributed by atoms with Crippen LogP contribution in [0, 0.1) is 5.92 Å². The number of halogens is 1. The molecule has 138 valence electrons. The molecule has 1 aliphatic heterocycles. The third kappa shape index (κ3) is 3.91. The van der Waals surface area contributed by atoms with Crippen molar-refractivity contribution in [2.24, 2.45) is 5.92 Å². The fourth-order valence-electron chi connectivity index (χ4n) is 3.70. The SMILES string of the molecule is O=C(c1cc2cc(Cl)ccc2oc1=O)N1CCC(Cc2ccccc2)CC1. The number of carbonyl (C=O) groups excluding carboxylic acids is 1. The minimum absolute atomic E-state index is 0.0753. The van der Waals surface area contributed by atoms with Gasteiger partial charge in [0.05, 0.1) is 0 Å². The number of carbonyl (C=O) groups is 1. The van der Waals surface area contributed by atoms with Crippen molar-refractivity contribution in [2.75, 3.05) is 13.1 Å². The minimum atomic E-state index is -0.596. The van der Waals surface area contributed by atoms with Crippen molar-refractivity contribution in [3.05, 3.63) is 81.2 Å². The van der Waals surface area contributed by atoms with Crippen molar-refractivity contribution >= 4 is 28.5 Å². The van der Waals surface area contributed by atoms with Gasteiger partial charge in [0.25, 0.3) is 5.91 Å². The molecule has 0 spiro atoms. The van der Waals surface area contributed by atoms with Gasteiger partial charge in [-0.15, -0.1) is 0 Å². The highest BCUT2D eigenvalue weighted by Gasteiger charge is 2.26. The molecule has 0 aliphatic carbocycles. The lowest BCUT2D eigenvalue weighted by molar-refractivity contribution is 0.0686. The summed E-state index contributed by atoms with van der Waals surface area (Å²) in [4.78, 5) is 26.9. The zero-order valence-corrected chi connectivity index (χ0v) is 15.6. The van der Waals surface area contributed by atoms with E-state index in [0.29, 0.717) is 35.0 Å². The molecule has 4 rings (SSSR count). The van der Waals surface area contributed by atoms with Crippen LogP contribution in [-0.2, 0) is 6.42 Å². The van der Waals surface area contributed by atoms with Gasteiger partial charge in [-0.05, 0) is 55.0 Å². The Bertz CT molecular complexity index is 1020. The van der Waals surface area contributed by atoms with E-state index >= 15 is 0 Å². The average Bonchev–Trinajstić information content (AvgIpc) is 2.69. The second-order valence-corrected chi connectivity index (χ2v) is 7.49. The number of amides is 1. The van der Waals surface area contributed by atoms with Crippen LogP contribution in [-0.4, -0.2) is 23.9 Å². The van der Waals surface area contributed by atoms with E-state index in [0.717, 1.165) is 19.3 Å². The number of hydrogen-bond donors (Lipinski definition) is 0. The largest absolute Gasteiger partial charge is 0.422 e. The third-order valence-electron chi connectivity index (χ3n) is 5.19. The quantitative estimate of drug-likeness (QED) is 0.626. The van der Waals surface area contributed by atoms with E-state index in [1.807, 2.05) is 6.07 Å². The first-order valence-corrected chi connectivity index (χ1v) is 9.54. The predicted octanol–water partition coefficient (Wildman–Crippen LogP) is 4.54. The van der Waals surface area contributed by atoms with Crippen LogP contribution in [0.4, 0.5) is 0 Å². The number of rotatable bonds is 3. The normalized spacial score (nSPS) is 15.2. The lowest BCUT2D eigenvalue weighted by Gasteiger charge is -2.32. The van der Waals surface area contributed by atoms with E-state index in [4.69, 9.17) is 16.0 Å². The summed E-state index contributed by atoms with van der Waals surface area (Å²) in [5, 5.41) is 1.20. The maximum Gasteiger partial charge on any atom is 0.349 e. The molecule has 1 aromatic heterocycles. The number of fused-ring (bicyclic) bond motifs is 1. The van der Waals surface area contributed by atoms with Crippen LogP contribution in [0.2, 0.25) is 5.02 Å². The fourth-order valence-corrected chi connectivity index (χ4v) is 3.88. The van der Waals surface area contributed by atoms with Gasteiger partial charge in [-0.2, -0.15) is 0 Å². The van der Waals surface area contributed by atoms with Crippen LogP contribution in [0.5, 0.6) is 0 Å². The van der Waals surface area contributed by atoms with Gasteiger partial charge in [-0.25, -0.2) is 4.79 Å². The van der Waals surface area contributed by atoms with Gasteiger partial charge in [0, 0.05) is 23.5 Å². The molecule has 2 heterocycles. The van der Waals surface area contributed by atoms with E-state index in [1.165, 1.54) is 5.56 Å². The van der Waals surface area contributed by atoms with E-state index in [1.54, 1.807) is 29.2 Å². The second kappa shape index (κ2) is 7.57. The minimum Gasteiger partial charge on any atom is -0.422 e. The summed E-state index contributed by atoms with van der Waals surface area (Å²) >= 11 is 6.01. The summed E-state index contributed by atoms with van der Waals surface area (Å²) in [5.41, 5.74) is 1.24. The Hall–Kier alpha value is -2.59. The molecule has 27 heavy (non-hydrogen) atoms.